The maximum atomic E-state index is 13.2. The van der Waals surface area contributed by atoms with E-state index in [1.54, 1.807) is 6.92 Å². The standard InChI is InChI=1S/C35H45N5O2.C7H13NO/c1-32(2,3)19-28-36-20-26(38-28)24-13-9-22(10-14-24)23-11-15-25(16-12-23)27-21-37-30(39-27)29(33(4,5)6)40-31(41)35(8,42)34(7)17-18-34;1-5(6(8)9)7(2)3-4-7/h9-16,20-21,29,42H,17-19H2,1-8H3,(H,36,38)(H,37,39)(H,40,41);5H,3-4H2,1-2H3,(H2,8,9). The average molecular weight is 695 g/mol. The number of carbonyl (C=O) groups is 2. The number of nitrogens with zero attached hydrogens (tertiary/aromatic N) is 2. The van der Waals surface area contributed by atoms with Crippen molar-refractivity contribution in [3.05, 3.63) is 72.6 Å². The molecule has 3 unspecified atom stereocenters. The predicted molar refractivity (Wildman–Crippen MR) is 204 cm³/mol. The second kappa shape index (κ2) is 13.7. The molecular weight excluding hydrogens is 637 g/mol. The molecule has 9 heteroatoms. The van der Waals surface area contributed by atoms with Gasteiger partial charge >= 0.3 is 0 Å². The molecular formula is C42H58N6O3. The largest absolute Gasteiger partial charge is 0.380 e. The Morgan fingerprint density at radius 1 is 0.804 bits per heavy atom. The van der Waals surface area contributed by atoms with Crippen molar-refractivity contribution >= 4 is 11.8 Å². The molecule has 9 nitrogen and oxygen atoms in total. The summed E-state index contributed by atoms with van der Waals surface area (Å²) in [7, 11) is 0. The van der Waals surface area contributed by atoms with Crippen LogP contribution in [-0.2, 0) is 16.0 Å². The lowest BCUT2D eigenvalue weighted by Gasteiger charge is -2.35. The summed E-state index contributed by atoms with van der Waals surface area (Å²) in [6.07, 6.45) is 8.65. The molecule has 2 aromatic heterocycles. The maximum Gasteiger partial charge on any atom is 0.252 e. The first-order valence-electron chi connectivity index (χ1n) is 18.2. The Balaban J connectivity index is 0.000000488. The van der Waals surface area contributed by atoms with Crippen LogP contribution in [0.5, 0.6) is 0 Å². The molecule has 2 fully saturated rings. The van der Waals surface area contributed by atoms with Gasteiger partial charge in [-0.3, -0.25) is 9.59 Å². The minimum atomic E-state index is -1.42. The van der Waals surface area contributed by atoms with E-state index in [0.717, 1.165) is 71.6 Å². The van der Waals surface area contributed by atoms with Gasteiger partial charge in [0.2, 0.25) is 5.91 Å². The molecule has 51 heavy (non-hydrogen) atoms. The lowest BCUT2D eigenvalue weighted by molar-refractivity contribution is -0.146. The third-order valence-corrected chi connectivity index (χ3v) is 11.2. The number of nitrogens with one attached hydrogen (secondary N) is 3. The number of hydrogen-bond acceptors (Lipinski definition) is 5. The molecule has 2 saturated carbocycles. The van der Waals surface area contributed by atoms with Gasteiger partial charge in [0.15, 0.2) is 0 Å². The van der Waals surface area contributed by atoms with Gasteiger partial charge in [-0.05, 0) is 71.1 Å². The second-order valence-corrected chi connectivity index (χ2v) is 18.0. The van der Waals surface area contributed by atoms with Crippen molar-refractivity contribution in [2.45, 2.75) is 113 Å². The van der Waals surface area contributed by atoms with E-state index in [1.165, 1.54) is 0 Å². The SMILES string of the molecule is CC(C(N)=O)C1(C)CC1.CC(C)(C)Cc1ncc(-c2ccc(-c3ccc(-c4cnc(C(NC(=O)C(C)(O)C5(C)CC5)C(C)(C)C)[nH]4)cc3)cc2)[nH]1. The number of hydrogen-bond donors (Lipinski definition) is 5. The van der Waals surface area contributed by atoms with E-state index in [0.29, 0.717) is 5.82 Å². The highest BCUT2D eigenvalue weighted by molar-refractivity contribution is 5.86. The molecule has 4 aromatic rings. The molecule has 2 amide bonds. The van der Waals surface area contributed by atoms with Crippen LogP contribution < -0.4 is 11.1 Å². The number of carbonyl (C=O) groups excluding carboxylic acids is 2. The van der Waals surface area contributed by atoms with Gasteiger partial charge in [0.1, 0.15) is 17.2 Å². The van der Waals surface area contributed by atoms with Crippen molar-refractivity contribution < 1.29 is 14.7 Å². The topological polar surface area (TPSA) is 150 Å². The fourth-order valence-corrected chi connectivity index (χ4v) is 6.30. The Hall–Kier alpha value is -4.24. The van der Waals surface area contributed by atoms with Gasteiger partial charge in [0.05, 0.1) is 29.8 Å². The zero-order chi connectivity index (χ0) is 37.6. The Labute approximate surface area is 303 Å². The minimum absolute atomic E-state index is 0.0671. The number of primary amides is 1. The molecule has 274 valence electrons. The van der Waals surface area contributed by atoms with Crippen LogP contribution in [0.15, 0.2) is 60.9 Å². The van der Waals surface area contributed by atoms with Gasteiger partial charge in [-0.2, -0.15) is 0 Å². The van der Waals surface area contributed by atoms with Gasteiger partial charge in [-0.25, -0.2) is 9.97 Å². The van der Waals surface area contributed by atoms with Crippen LogP contribution in [0.1, 0.15) is 113 Å². The van der Waals surface area contributed by atoms with E-state index in [9.17, 15) is 14.7 Å². The fourth-order valence-electron chi connectivity index (χ4n) is 6.30. The van der Waals surface area contributed by atoms with Crippen LogP contribution in [0.25, 0.3) is 33.6 Å². The number of benzene rings is 2. The van der Waals surface area contributed by atoms with E-state index >= 15 is 0 Å². The number of nitrogens with two attached hydrogens (primary N) is 1. The van der Waals surface area contributed by atoms with E-state index in [4.69, 9.17) is 5.73 Å². The first-order valence-corrected chi connectivity index (χ1v) is 18.2. The fraction of sp³-hybridized carbons (Fsp3) is 0.524. The van der Waals surface area contributed by atoms with Crippen molar-refractivity contribution in [1.82, 2.24) is 25.3 Å². The zero-order valence-electron chi connectivity index (χ0n) is 32.2. The molecule has 2 aromatic carbocycles. The van der Waals surface area contributed by atoms with Crippen LogP contribution in [-0.4, -0.2) is 42.5 Å². The van der Waals surface area contributed by atoms with Crippen LogP contribution in [0.4, 0.5) is 0 Å². The van der Waals surface area contributed by atoms with Crippen molar-refractivity contribution in [1.29, 1.82) is 0 Å². The number of H-pyrrole nitrogens is 2. The highest BCUT2D eigenvalue weighted by Crippen LogP contribution is 2.54. The van der Waals surface area contributed by atoms with Gasteiger partial charge in [-0.15, -0.1) is 0 Å². The lowest BCUT2D eigenvalue weighted by atomic mass is 9.83. The third-order valence-electron chi connectivity index (χ3n) is 11.2. The summed E-state index contributed by atoms with van der Waals surface area (Å²) >= 11 is 0. The summed E-state index contributed by atoms with van der Waals surface area (Å²) in [5, 5.41) is 14.1. The number of aromatic nitrogens is 4. The molecule has 0 aliphatic heterocycles. The van der Waals surface area contributed by atoms with E-state index in [1.807, 2.05) is 26.2 Å². The zero-order valence-corrected chi connectivity index (χ0v) is 32.2. The van der Waals surface area contributed by atoms with Crippen LogP contribution >= 0.6 is 0 Å². The van der Waals surface area contributed by atoms with E-state index in [2.05, 4.69) is 122 Å². The Bertz CT molecular complexity index is 1830. The summed E-state index contributed by atoms with van der Waals surface area (Å²) in [5.41, 5.74) is 9.74. The van der Waals surface area contributed by atoms with Crippen LogP contribution in [0.2, 0.25) is 0 Å². The average Bonchev–Trinajstić information content (AvgIpc) is 3.87. The molecule has 0 spiro atoms. The maximum absolute atomic E-state index is 13.2. The Morgan fingerprint density at radius 2 is 1.27 bits per heavy atom. The summed E-state index contributed by atoms with van der Waals surface area (Å²) in [6, 6.07) is 16.5. The highest BCUT2D eigenvalue weighted by atomic mass is 16.3. The Morgan fingerprint density at radius 3 is 1.69 bits per heavy atom. The second-order valence-electron chi connectivity index (χ2n) is 18.0. The third kappa shape index (κ3) is 8.80. The molecule has 3 atom stereocenters. The van der Waals surface area contributed by atoms with Crippen molar-refractivity contribution in [3.8, 4) is 33.6 Å². The quantitative estimate of drug-likeness (QED) is 0.113. The molecule has 2 aliphatic carbocycles. The number of aromatic amines is 2. The first kappa shape index (κ1) is 38.0. The van der Waals surface area contributed by atoms with E-state index in [-0.39, 0.29) is 45.4 Å². The summed E-state index contributed by atoms with van der Waals surface area (Å²) < 4.78 is 0. The minimum Gasteiger partial charge on any atom is -0.380 e. The van der Waals surface area contributed by atoms with Gasteiger partial charge in [0.25, 0.3) is 5.91 Å². The summed E-state index contributed by atoms with van der Waals surface area (Å²) in [5.74, 6) is 1.24. The molecule has 6 N–H and O–H groups in total. The summed E-state index contributed by atoms with van der Waals surface area (Å²) in [6.45, 7) is 20.4. The number of imidazole rings is 2. The normalized spacial score (nSPS) is 18.4. The smallest absolute Gasteiger partial charge is 0.252 e. The first-order chi connectivity index (χ1) is 23.6. The molecule has 6 rings (SSSR count). The molecule has 2 heterocycles. The molecule has 2 aliphatic rings. The molecule has 0 radical (unpaired) electrons. The van der Waals surface area contributed by atoms with Gasteiger partial charge in [0, 0.05) is 17.8 Å². The number of rotatable bonds is 10. The number of aliphatic hydroxyl groups is 1. The van der Waals surface area contributed by atoms with Crippen LogP contribution in [0.3, 0.4) is 0 Å². The Kier molecular flexibility index (Phi) is 10.2. The highest BCUT2D eigenvalue weighted by Gasteiger charge is 2.57. The molecule has 0 saturated heterocycles. The number of amides is 2. The van der Waals surface area contributed by atoms with Gasteiger partial charge < -0.3 is 26.1 Å². The monoisotopic (exact) mass is 694 g/mol. The van der Waals surface area contributed by atoms with Gasteiger partial charge in [-0.1, -0.05) is 111 Å². The van der Waals surface area contributed by atoms with Crippen LogP contribution in [0, 0.1) is 27.6 Å². The van der Waals surface area contributed by atoms with Crippen molar-refractivity contribution in [3.63, 3.8) is 0 Å². The van der Waals surface area contributed by atoms with Crippen molar-refractivity contribution in [2.24, 2.45) is 33.3 Å². The van der Waals surface area contributed by atoms with Crippen molar-refractivity contribution in [2.75, 3.05) is 0 Å². The van der Waals surface area contributed by atoms with E-state index < -0.39 is 5.60 Å². The predicted octanol–water partition coefficient (Wildman–Crippen LogP) is 8.38. The summed E-state index contributed by atoms with van der Waals surface area (Å²) in [4.78, 5) is 39.9. The molecule has 0 bridgehead atoms. The lowest BCUT2D eigenvalue weighted by Crippen LogP contribution is -2.52.